The van der Waals surface area contributed by atoms with Crippen molar-refractivity contribution in [3.8, 4) is 12.3 Å². The Kier molecular flexibility index (Phi) is 1.55. The van der Waals surface area contributed by atoms with Crippen LogP contribution in [0.25, 0.3) is 0 Å². The van der Waals surface area contributed by atoms with E-state index in [4.69, 9.17) is 6.42 Å². The van der Waals surface area contributed by atoms with E-state index in [9.17, 15) is 0 Å². The van der Waals surface area contributed by atoms with Gasteiger partial charge >= 0.3 is 0 Å². The van der Waals surface area contributed by atoms with Gasteiger partial charge in [0.25, 0.3) is 0 Å². The molecule has 0 fully saturated rings. The second-order valence-corrected chi connectivity index (χ2v) is 1.92. The number of rotatable bonds is 1. The van der Waals surface area contributed by atoms with Crippen LogP contribution >= 0.6 is 0 Å². The molecule has 1 aromatic rings. The minimum absolute atomic E-state index is 0.563. The van der Waals surface area contributed by atoms with Gasteiger partial charge in [0.1, 0.15) is 6.54 Å². The Balaban J connectivity index is 2.76. The fraction of sp³-hybridized carbons (Fsp3) is 0.286. The van der Waals surface area contributed by atoms with E-state index in [1.807, 2.05) is 13.1 Å². The predicted octanol–water partition coefficient (Wildman–Crippen LogP) is 0.825. The fourth-order valence-corrected chi connectivity index (χ4v) is 0.647. The third-order valence-corrected chi connectivity index (χ3v) is 1.02. The van der Waals surface area contributed by atoms with Crippen molar-refractivity contribution in [2.45, 2.75) is 13.5 Å². The average molecular weight is 120 g/mol. The third kappa shape index (κ3) is 1.33. The third-order valence-electron chi connectivity index (χ3n) is 1.02. The molecule has 2 heteroatoms. The van der Waals surface area contributed by atoms with E-state index in [-0.39, 0.29) is 0 Å². The minimum Gasteiger partial charge on any atom is -0.260 e. The Morgan fingerprint density at radius 2 is 2.67 bits per heavy atom. The number of hydrogen-bond donors (Lipinski definition) is 0. The molecule has 0 N–H and O–H groups in total. The molecule has 0 aliphatic rings. The summed E-state index contributed by atoms with van der Waals surface area (Å²) in [6.45, 7) is 2.55. The molecule has 0 aliphatic carbocycles. The van der Waals surface area contributed by atoms with E-state index in [1.165, 1.54) is 0 Å². The molecule has 0 amide bonds. The molecule has 46 valence electrons. The van der Waals surface area contributed by atoms with E-state index >= 15 is 0 Å². The van der Waals surface area contributed by atoms with Crippen LogP contribution in [0, 0.1) is 19.3 Å². The van der Waals surface area contributed by atoms with E-state index in [2.05, 4.69) is 11.0 Å². The maximum atomic E-state index is 5.06. The van der Waals surface area contributed by atoms with E-state index < -0.39 is 0 Å². The molecule has 1 heterocycles. The van der Waals surface area contributed by atoms with E-state index in [1.54, 1.807) is 10.9 Å². The Hall–Kier alpha value is -1.23. The van der Waals surface area contributed by atoms with E-state index in [0.29, 0.717) is 6.54 Å². The van der Waals surface area contributed by atoms with Gasteiger partial charge in [-0.15, -0.1) is 6.42 Å². The van der Waals surface area contributed by atoms with E-state index in [0.717, 1.165) is 5.56 Å². The summed E-state index contributed by atoms with van der Waals surface area (Å²) in [5.74, 6) is 2.50. The highest BCUT2D eigenvalue weighted by molar-refractivity contribution is 5.00. The van der Waals surface area contributed by atoms with Crippen LogP contribution in [0.5, 0.6) is 0 Å². The first-order valence-electron chi connectivity index (χ1n) is 2.75. The Labute approximate surface area is 54.5 Å². The van der Waals surface area contributed by atoms with Crippen molar-refractivity contribution in [1.29, 1.82) is 0 Å². The highest BCUT2D eigenvalue weighted by Gasteiger charge is 1.87. The molecule has 0 saturated carbocycles. The van der Waals surface area contributed by atoms with Crippen LogP contribution in [0.15, 0.2) is 12.4 Å². The lowest BCUT2D eigenvalue weighted by molar-refractivity contribution is 0.715. The first-order chi connectivity index (χ1) is 4.33. The van der Waals surface area contributed by atoms with Gasteiger partial charge in [-0.1, -0.05) is 5.92 Å². The van der Waals surface area contributed by atoms with Crippen molar-refractivity contribution in [3.05, 3.63) is 18.0 Å². The molecule has 0 bridgehead atoms. The van der Waals surface area contributed by atoms with Crippen molar-refractivity contribution in [1.82, 2.24) is 9.78 Å². The summed E-state index contributed by atoms with van der Waals surface area (Å²) in [5.41, 5.74) is 1.14. The Morgan fingerprint density at radius 1 is 1.89 bits per heavy atom. The van der Waals surface area contributed by atoms with Crippen molar-refractivity contribution < 1.29 is 0 Å². The van der Waals surface area contributed by atoms with Gasteiger partial charge in [0.15, 0.2) is 0 Å². The van der Waals surface area contributed by atoms with Crippen LogP contribution in [0.2, 0.25) is 0 Å². The van der Waals surface area contributed by atoms with Crippen LogP contribution in [-0.2, 0) is 6.54 Å². The summed E-state index contributed by atoms with van der Waals surface area (Å²) in [6, 6.07) is 0. The summed E-state index contributed by atoms with van der Waals surface area (Å²) in [6.07, 6.45) is 8.76. The van der Waals surface area contributed by atoms with Crippen molar-refractivity contribution in [2.75, 3.05) is 0 Å². The highest BCUT2D eigenvalue weighted by atomic mass is 15.3. The highest BCUT2D eigenvalue weighted by Crippen LogP contribution is 1.92. The van der Waals surface area contributed by atoms with Crippen LogP contribution in [0.3, 0.4) is 0 Å². The van der Waals surface area contributed by atoms with Crippen molar-refractivity contribution >= 4 is 0 Å². The number of aryl methyl sites for hydroxylation is 1. The van der Waals surface area contributed by atoms with Crippen LogP contribution in [0.4, 0.5) is 0 Å². The molecular weight excluding hydrogens is 112 g/mol. The zero-order valence-electron chi connectivity index (χ0n) is 5.33. The zero-order chi connectivity index (χ0) is 6.69. The van der Waals surface area contributed by atoms with Crippen LogP contribution in [-0.4, -0.2) is 9.78 Å². The molecule has 0 radical (unpaired) electrons. The van der Waals surface area contributed by atoms with Gasteiger partial charge in [-0.2, -0.15) is 5.10 Å². The summed E-state index contributed by atoms with van der Waals surface area (Å²) in [7, 11) is 0. The standard InChI is InChI=1S/C7H8N2/c1-3-4-9-6-7(2)5-8-9/h1,5-6H,4H2,2H3. The molecular formula is C7H8N2. The molecule has 1 rings (SSSR count). The zero-order valence-corrected chi connectivity index (χ0v) is 5.33. The lowest BCUT2D eigenvalue weighted by Gasteiger charge is -1.88. The summed E-state index contributed by atoms with van der Waals surface area (Å²) >= 11 is 0. The fourth-order valence-electron chi connectivity index (χ4n) is 0.647. The van der Waals surface area contributed by atoms with Gasteiger partial charge < -0.3 is 0 Å². The normalized spacial score (nSPS) is 8.89. The molecule has 0 aliphatic heterocycles. The monoisotopic (exact) mass is 120 g/mol. The van der Waals surface area contributed by atoms with Gasteiger partial charge in [0, 0.05) is 6.20 Å². The van der Waals surface area contributed by atoms with Crippen LogP contribution < -0.4 is 0 Å². The largest absolute Gasteiger partial charge is 0.260 e. The summed E-state index contributed by atoms with van der Waals surface area (Å²) < 4.78 is 1.73. The maximum Gasteiger partial charge on any atom is 0.101 e. The number of terminal acetylenes is 1. The van der Waals surface area contributed by atoms with Gasteiger partial charge in [0.2, 0.25) is 0 Å². The first-order valence-corrected chi connectivity index (χ1v) is 2.75. The van der Waals surface area contributed by atoms with Gasteiger partial charge in [-0.05, 0) is 12.5 Å². The maximum absolute atomic E-state index is 5.06. The SMILES string of the molecule is C#CCn1cc(C)cn1. The molecule has 0 saturated heterocycles. The van der Waals surface area contributed by atoms with Crippen molar-refractivity contribution in [2.24, 2.45) is 0 Å². The van der Waals surface area contributed by atoms with Crippen molar-refractivity contribution in [3.63, 3.8) is 0 Å². The number of aromatic nitrogens is 2. The topological polar surface area (TPSA) is 17.8 Å². The molecule has 9 heavy (non-hydrogen) atoms. The molecule has 0 atom stereocenters. The van der Waals surface area contributed by atoms with Crippen LogP contribution in [0.1, 0.15) is 5.56 Å². The lowest BCUT2D eigenvalue weighted by Crippen LogP contribution is -1.93. The average Bonchev–Trinajstić information content (AvgIpc) is 2.17. The smallest absolute Gasteiger partial charge is 0.101 e. The number of nitrogens with zero attached hydrogens (tertiary/aromatic N) is 2. The second kappa shape index (κ2) is 2.36. The summed E-state index contributed by atoms with van der Waals surface area (Å²) in [5, 5.41) is 3.98. The second-order valence-electron chi connectivity index (χ2n) is 1.92. The van der Waals surface area contributed by atoms with Gasteiger partial charge in [-0.25, -0.2) is 0 Å². The number of hydrogen-bond acceptors (Lipinski definition) is 1. The van der Waals surface area contributed by atoms with Gasteiger partial charge in [0.05, 0.1) is 6.20 Å². The molecule has 0 aromatic carbocycles. The Bertz CT molecular complexity index is 229. The molecule has 0 spiro atoms. The summed E-state index contributed by atoms with van der Waals surface area (Å²) in [4.78, 5) is 0. The molecule has 2 nitrogen and oxygen atoms in total. The molecule has 0 unspecified atom stereocenters. The van der Waals surface area contributed by atoms with Gasteiger partial charge in [-0.3, -0.25) is 4.68 Å². The molecule has 1 aromatic heterocycles. The first kappa shape index (κ1) is 5.90. The Morgan fingerprint density at radius 3 is 3.11 bits per heavy atom. The lowest BCUT2D eigenvalue weighted by atomic mass is 10.4. The minimum atomic E-state index is 0.563. The predicted molar refractivity (Wildman–Crippen MR) is 35.8 cm³/mol. The quantitative estimate of drug-likeness (QED) is 0.502.